The third kappa shape index (κ3) is 3.19. The first-order valence-electron chi connectivity index (χ1n) is 5.19. The first-order valence-corrected chi connectivity index (χ1v) is 6.35. The maximum atomic E-state index is 8.72. The summed E-state index contributed by atoms with van der Waals surface area (Å²) in [6, 6.07) is 0.623. The van der Waals surface area contributed by atoms with Crippen LogP contribution in [0.3, 0.4) is 0 Å². The normalized spacial score (nSPS) is 21.0. The van der Waals surface area contributed by atoms with Crippen molar-refractivity contribution in [2.24, 2.45) is 0 Å². The van der Waals surface area contributed by atoms with Gasteiger partial charge in [-0.3, -0.25) is 0 Å². The zero-order valence-electron chi connectivity index (χ0n) is 8.59. The first kappa shape index (κ1) is 10.9. The number of aromatic nitrogens is 3. The molecular formula is C9H16N4OS. The maximum Gasteiger partial charge on any atom is 0.0964 e. The monoisotopic (exact) mass is 228 g/mol. The van der Waals surface area contributed by atoms with E-state index < -0.39 is 0 Å². The third-order valence-corrected chi connectivity index (χ3v) is 3.58. The van der Waals surface area contributed by atoms with Gasteiger partial charge >= 0.3 is 0 Å². The van der Waals surface area contributed by atoms with Crippen LogP contribution in [0.5, 0.6) is 0 Å². The van der Waals surface area contributed by atoms with E-state index in [1.54, 1.807) is 4.68 Å². The summed E-state index contributed by atoms with van der Waals surface area (Å²) in [5.74, 6) is 2.46. The van der Waals surface area contributed by atoms with Crippen LogP contribution in [0, 0.1) is 0 Å². The molecule has 1 saturated heterocycles. The molecule has 0 bridgehead atoms. The average molecular weight is 228 g/mol. The Morgan fingerprint density at radius 2 is 2.60 bits per heavy atom. The topological polar surface area (TPSA) is 63.0 Å². The number of rotatable bonds is 5. The van der Waals surface area contributed by atoms with Gasteiger partial charge < -0.3 is 10.4 Å². The smallest absolute Gasteiger partial charge is 0.0964 e. The summed E-state index contributed by atoms with van der Waals surface area (Å²) in [5, 5.41) is 20.1. The second-order valence-corrected chi connectivity index (χ2v) is 4.79. The molecule has 1 aliphatic heterocycles. The van der Waals surface area contributed by atoms with Crippen molar-refractivity contribution in [1.82, 2.24) is 20.3 Å². The molecule has 5 nitrogen and oxygen atoms in total. The van der Waals surface area contributed by atoms with Gasteiger partial charge in [-0.05, 0) is 12.2 Å². The lowest BCUT2D eigenvalue weighted by Gasteiger charge is -2.08. The molecule has 6 heteroatoms. The summed E-state index contributed by atoms with van der Waals surface area (Å²) < 4.78 is 1.67. The fraction of sp³-hybridized carbons (Fsp3) is 0.778. The molecular weight excluding hydrogens is 212 g/mol. The minimum Gasteiger partial charge on any atom is -0.394 e. The summed E-state index contributed by atoms with van der Waals surface area (Å²) in [7, 11) is 0. The van der Waals surface area contributed by atoms with E-state index >= 15 is 0 Å². The molecule has 1 aromatic rings. The van der Waals surface area contributed by atoms with Crippen molar-refractivity contribution < 1.29 is 5.11 Å². The molecule has 2 heterocycles. The van der Waals surface area contributed by atoms with Crippen LogP contribution in [-0.4, -0.2) is 44.3 Å². The van der Waals surface area contributed by atoms with Crippen molar-refractivity contribution in [1.29, 1.82) is 0 Å². The van der Waals surface area contributed by atoms with Gasteiger partial charge in [0.15, 0.2) is 0 Å². The van der Waals surface area contributed by atoms with Crippen LogP contribution < -0.4 is 5.32 Å². The Labute approximate surface area is 93.2 Å². The predicted molar refractivity (Wildman–Crippen MR) is 59.7 cm³/mol. The number of aliphatic hydroxyl groups is 1. The summed E-state index contributed by atoms with van der Waals surface area (Å²) in [4.78, 5) is 0. The highest BCUT2D eigenvalue weighted by Gasteiger charge is 2.14. The van der Waals surface area contributed by atoms with Crippen LogP contribution in [0.15, 0.2) is 6.20 Å². The molecule has 1 fully saturated rings. The Balaban J connectivity index is 1.77. The fourth-order valence-corrected chi connectivity index (χ4v) is 2.76. The number of nitrogens with one attached hydrogen (secondary N) is 1. The van der Waals surface area contributed by atoms with Crippen LogP contribution in [-0.2, 0) is 13.1 Å². The van der Waals surface area contributed by atoms with Gasteiger partial charge in [-0.1, -0.05) is 5.21 Å². The highest BCUT2D eigenvalue weighted by atomic mass is 32.2. The van der Waals surface area contributed by atoms with Gasteiger partial charge in [-0.25, -0.2) is 4.68 Å². The van der Waals surface area contributed by atoms with Crippen LogP contribution in [0.2, 0.25) is 0 Å². The quantitative estimate of drug-likeness (QED) is 0.735. The van der Waals surface area contributed by atoms with Crippen LogP contribution >= 0.6 is 11.8 Å². The van der Waals surface area contributed by atoms with Crippen molar-refractivity contribution in [3.8, 4) is 0 Å². The van der Waals surface area contributed by atoms with Crippen LogP contribution in [0.4, 0.5) is 0 Å². The molecule has 0 radical (unpaired) electrons. The van der Waals surface area contributed by atoms with Gasteiger partial charge in [0.2, 0.25) is 0 Å². The predicted octanol–water partition coefficient (Wildman–Crippen LogP) is -0.135. The third-order valence-electron chi connectivity index (χ3n) is 2.42. The molecule has 0 spiro atoms. The van der Waals surface area contributed by atoms with Crippen molar-refractivity contribution in [2.75, 3.05) is 18.1 Å². The van der Waals surface area contributed by atoms with E-state index in [-0.39, 0.29) is 6.61 Å². The number of hydrogen-bond donors (Lipinski definition) is 2. The lowest BCUT2D eigenvalue weighted by molar-refractivity contribution is 0.268. The SMILES string of the molecule is OCCn1cc(CNC2CCSC2)nn1. The molecule has 1 aliphatic rings. The fourth-order valence-electron chi connectivity index (χ4n) is 1.58. The molecule has 0 amide bonds. The van der Waals surface area contributed by atoms with E-state index in [1.807, 2.05) is 18.0 Å². The maximum absolute atomic E-state index is 8.72. The number of nitrogens with zero attached hydrogens (tertiary/aromatic N) is 3. The number of hydrogen-bond acceptors (Lipinski definition) is 5. The zero-order valence-corrected chi connectivity index (χ0v) is 9.41. The number of aliphatic hydroxyl groups excluding tert-OH is 1. The van der Waals surface area contributed by atoms with E-state index in [0.29, 0.717) is 12.6 Å². The van der Waals surface area contributed by atoms with Crippen molar-refractivity contribution in [3.63, 3.8) is 0 Å². The van der Waals surface area contributed by atoms with Crippen LogP contribution in [0.25, 0.3) is 0 Å². The zero-order chi connectivity index (χ0) is 10.5. The molecule has 0 aliphatic carbocycles. The molecule has 1 aromatic heterocycles. The Bertz CT molecular complexity index is 298. The van der Waals surface area contributed by atoms with Crippen molar-refractivity contribution >= 4 is 11.8 Å². The minimum atomic E-state index is 0.107. The average Bonchev–Trinajstić information content (AvgIpc) is 2.85. The van der Waals surface area contributed by atoms with E-state index in [9.17, 15) is 0 Å². The van der Waals surface area contributed by atoms with Gasteiger partial charge in [0.05, 0.1) is 18.8 Å². The first-order chi connectivity index (χ1) is 7.38. The largest absolute Gasteiger partial charge is 0.394 e. The Morgan fingerprint density at radius 1 is 1.67 bits per heavy atom. The standard InChI is InChI=1S/C9H16N4OS/c14-3-2-13-6-9(11-12-13)5-10-8-1-4-15-7-8/h6,8,10,14H,1-5,7H2. The molecule has 0 saturated carbocycles. The molecule has 1 unspecified atom stereocenters. The summed E-state index contributed by atoms with van der Waals surface area (Å²) >= 11 is 1.99. The van der Waals surface area contributed by atoms with E-state index in [1.165, 1.54) is 17.9 Å². The van der Waals surface area contributed by atoms with Gasteiger partial charge in [-0.2, -0.15) is 11.8 Å². The summed E-state index contributed by atoms with van der Waals surface area (Å²) in [5.41, 5.74) is 0.945. The molecule has 15 heavy (non-hydrogen) atoms. The van der Waals surface area contributed by atoms with Crippen LogP contribution in [0.1, 0.15) is 12.1 Å². The Kier molecular flexibility index (Phi) is 3.99. The highest BCUT2D eigenvalue weighted by molar-refractivity contribution is 7.99. The van der Waals surface area contributed by atoms with E-state index in [4.69, 9.17) is 5.11 Å². The van der Waals surface area contributed by atoms with E-state index in [0.717, 1.165) is 12.2 Å². The van der Waals surface area contributed by atoms with Crippen molar-refractivity contribution in [3.05, 3.63) is 11.9 Å². The minimum absolute atomic E-state index is 0.107. The second kappa shape index (κ2) is 5.48. The van der Waals surface area contributed by atoms with Gasteiger partial charge in [-0.15, -0.1) is 5.10 Å². The summed E-state index contributed by atoms with van der Waals surface area (Å²) in [6.45, 7) is 1.40. The van der Waals surface area contributed by atoms with E-state index in [2.05, 4.69) is 15.6 Å². The molecule has 84 valence electrons. The number of thioether (sulfide) groups is 1. The van der Waals surface area contributed by atoms with Gasteiger partial charge in [0.1, 0.15) is 0 Å². The second-order valence-electron chi connectivity index (χ2n) is 3.64. The molecule has 1 atom stereocenters. The molecule has 0 aromatic carbocycles. The molecule has 2 rings (SSSR count). The Morgan fingerprint density at radius 3 is 3.33 bits per heavy atom. The molecule has 2 N–H and O–H groups in total. The highest BCUT2D eigenvalue weighted by Crippen LogP contribution is 2.17. The van der Waals surface area contributed by atoms with Gasteiger partial charge in [0, 0.05) is 24.5 Å². The van der Waals surface area contributed by atoms with Crippen molar-refractivity contribution in [2.45, 2.75) is 25.6 Å². The lowest BCUT2D eigenvalue weighted by Crippen LogP contribution is -2.28. The lowest BCUT2D eigenvalue weighted by atomic mass is 10.2. The Hall–Kier alpha value is -0.590. The van der Waals surface area contributed by atoms with Gasteiger partial charge in [0.25, 0.3) is 0 Å². The summed E-state index contributed by atoms with van der Waals surface area (Å²) in [6.07, 6.45) is 3.13.